The third kappa shape index (κ3) is 4.71. The van der Waals surface area contributed by atoms with Crippen LogP contribution in [0.2, 0.25) is 0 Å². The highest BCUT2D eigenvalue weighted by Crippen LogP contribution is 2.33. The van der Waals surface area contributed by atoms with Crippen LogP contribution < -0.4 is 10.6 Å². The second-order valence-corrected chi connectivity index (χ2v) is 8.05. The van der Waals surface area contributed by atoms with Crippen molar-refractivity contribution in [2.75, 3.05) is 10.6 Å². The Morgan fingerprint density at radius 1 is 1.26 bits per heavy atom. The lowest BCUT2D eigenvalue weighted by molar-refractivity contribution is -0.117. The molecule has 1 fully saturated rings. The highest BCUT2D eigenvalue weighted by atomic mass is 32.1. The van der Waals surface area contributed by atoms with Gasteiger partial charge in [-0.05, 0) is 44.0 Å². The highest BCUT2D eigenvalue weighted by molar-refractivity contribution is 7.11. The van der Waals surface area contributed by atoms with Crippen molar-refractivity contribution >= 4 is 40.7 Å². The molecule has 0 saturated heterocycles. The summed E-state index contributed by atoms with van der Waals surface area (Å²) in [5.74, 6) is 2.80. The Morgan fingerprint density at radius 3 is 2.84 bits per heavy atom. The average molecular weight is 429 g/mol. The monoisotopic (exact) mass is 428 g/mol. The standard InChI is InChI=1S/C24H20N4O2S/c1-3-5-21-19(4-2)20(14-31-21)17-10-18(13-25-12-17)27-24(30)16-8-9-26-22(11-16)28-23(29)15-6-7-15/h2-3,5,8-15H,6-7H2,1H3,(H,27,30)(H,26,28,29)/b5-3-. The number of terminal acetylenes is 1. The van der Waals surface area contributed by atoms with Gasteiger partial charge in [-0.15, -0.1) is 17.8 Å². The molecule has 1 aliphatic carbocycles. The minimum Gasteiger partial charge on any atom is -0.321 e. The molecular weight excluding hydrogens is 408 g/mol. The Bertz CT molecular complexity index is 1220. The van der Waals surface area contributed by atoms with Gasteiger partial charge in [0.05, 0.1) is 17.4 Å². The van der Waals surface area contributed by atoms with E-state index in [0.29, 0.717) is 17.1 Å². The van der Waals surface area contributed by atoms with Crippen LogP contribution in [0.25, 0.3) is 17.2 Å². The predicted octanol–water partition coefficient (Wildman–Crippen LogP) is 4.82. The summed E-state index contributed by atoms with van der Waals surface area (Å²) in [6.45, 7) is 1.94. The topological polar surface area (TPSA) is 84.0 Å². The smallest absolute Gasteiger partial charge is 0.255 e. The van der Waals surface area contributed by atoms with Gasteiger partial charge in [-0.2, -0.15) is 0 Å². The first-order chi connectivity index (χ1) is 15.1. The summed E-state index contributed by atoms with van der Waals surface area (Å²) < 4.78 is 0. The van der Waals surface area contributed by atoms with Crippen LogP contribution in [0.3, 0.4) is 0 Å². The second-order valence-electron chi connectivity index (χ2n) is 7.14. The maximum Gasteiger partial charge on any atom is 0.255 e. The molecule has 3 aromatic heterocycles. The molecule has 3 aromatic rings. The molecule has 7 heteroatoms. The predicted molar refractivity (Wildman–Crippen MR) is 124 cm³/mol. The normalized spacial score (nSPS) is 13.0. The van der Waals surface area contributed by atoms with Crippen molar-refractivity contribution < 1.29 is 9.59 Å². The molecule has 4 rings (SSSR count). The van der Waals surface area contributed by atoms with Crippen molar-refractivity contribution in [2.45, 2.75) is 19.8 Å². The second kappa shape index (κ2) is 8.94. The average Bonchev–Trinajstić information content (AvgIpc) is 3.55. The number of nitrogens with one attached hydrogen (secondary N) is 2. The summed E-state index contributed by atoms with van der Waals surface area (Å²) in [5, 5.41) is 7.59. The van der Waals surface area contributed by atoms with Crippen molar-refractivity contribution in [2.24, 2.45) is 5.92 Å². The van der Waals surface area contributed by atoms with Gasteiger partial charge in [-0.3, -0.25) is 14.6 Å². The Hall–Kier alpha value is -3.76. The number of carbonyl (C=O) groups is 2. The molecule has 2 amide bonds. The van der Waals surface area contributed by atoms with E-state index in [9.17, 15) is 9.59 Å². The van der Waals surface area contributed by atoms with Crippen molar-refractivity contribution in [1.29, 1.82) is 0 Å². The SMILES string of the molecule is C#Cc1c(-c2cncc(NC(=O)c3ccnc(NC(=O)C4CC4)c3)c2)csc1/C=C\C. The first kappa shape index (κ1) is 20.5. The number of rotatable bonds is 6. The third-order valence-corrected chi connectivity index (χ3v) is 5.76. The number of thiophene rings is 1. The van der Waals surface area contributed by atoms with E-state index < -0.39 is 0 Å². The lowest BCUT2D eigenvalue weighted by atomic mass is 10.0. The lowest BCUT2D eigenvalue weighted by Crippen LogP contribution is -2.16. The van der Waals surface area contributed by atoms with Gasteiger partial charge in [0, 0.05) is 45.3 Å². The molecule has 0 atom stereocenters. The third-order valence-electron chi connectivity index (χ3n) is 4.81. The zero-order chi connectivity index (χ0) is 21.8. The van der Waals surface area contributed by atoms with E-state index >= 15 is 0 Å². The Kier molecular flexibility index (Phi) is 5.92. The van der Waals surface area contributed by atoms with Gasteiger partial charge in [0.15, 0.2) is 0 Å². The van der Waals surface area contributed by atoms with E-state index in [2.05, 4.69) is 26.5 Å². The molecule has 6 nitrogen and oxygen atoms in total. The first-order valence-electron chi connectivity index (χ1n) is 9.83. The van der Waals surface area contributed by atoms with E-state index in [1.165, 1.54) is 6.20 Å². The molecule has 1 aliphatic rings. The number of carbonyl (C=O) groups excluding carboxylic acids is 2. The summed E-state index contributed by atoms with van der Waals surface area (Å²) in [6, 6.07) is 4.99. The Balaban J connectivity index is 1.52. The van der Waals surface area contributed by atoms with Crippen molar-refractivity contribution in [3.05, 3.63) is 64.2 Å². The van der Waals surface area contributed by atoms with Gasteiger partial charge in [0.25, 0.3) is 5.91 Å². The molecule has 0 radical (unpaired) electrons. The van der Waals surface area contributed by atoms with Crippen LogP contribution in [0.5, 0.6) is 0 Å². The lowest BCUT2D eigenvalue weighted by Gasteiger charge is -2.09. The molecule has 0 unspecified atom stereocenters. The Morgan fingerprint density at radius 2 is 2.10 bits per heavy atom. The molecule has 154 valence electrons. The quantitative estimate of drug-likeness (QED) is 0.551. The molecule has 0 spiro atoms. The number of amides is 2. The number of aromatic nitrogens is 2. The number of anilines is 2. The van der Waals surface area contributed by atoms with Crippen LogP contribution in [0.15, 0.2) is 48.2 Å². The number of allylic oxidation sites excluding steroid dienone is 1. The molecule has 3 heterocycles. The van der Waals surface area contributed by atoms with Gasteiger partial charge >= 0.3 is 0 Å². The maximum atomic E-state index is 12.7. The van der Waals surface area contributed by atoms with Crippen LogP contribution in [-0.4, -0.2) is 21.8 Å². The minimum absolute atomic E-state index is 0.0562. The molecular formula is C24H20N4O2S. The maximum absolute atomic E-state index is 12.7. The van der Waals surface area contributed by atoms with E-state index in [1.807, 2.05) is 30.5 Å². The van der Waals surface area contributed by atoms with Crippen molar-refractivity contribution in [3.63, 3.8) is 0 Å². The zero-order valence-electron chi connectivity index (χ0n) is 16.9. The fourth-order valence-electron chi connectivity index (χ4n) is 3.08. The van der Waals surface area contributed by atoms with Crippen LogP contribution in [0, 0.1) is 18.3 Å². The molecule has 2 N–H and O–H groups in total. The fourth-order valence-corrected chi connectivity index (χ4v) is 4.08. The molecule has 31 heavy (non-hydrogen) atoms. The summed E-state index contributed by atoms with van der Waals surface area (Å²) in [6.07, 6.45) is 16.2. The number of hydrogen-bond acceptors (Lipinski definition) is 5. The molecule has 0 aromatic carbocycles. The largest absolute Gasteiger partial charge is 0.321 e. The first-order valence-corrected chi connectivity index (χ1v) is 10.7. The number of nitrogens with zero attached hydrogens (tertiary/aromatic N) is 2. The van der Waals surface area contributed by atoms with Crippen LogP contribution in [0.1, 0.15) is 40.6 Å². The number of hydrogen-bond donors (Lipinski definition) is 2. The molecule has 1 saturated carbocycles. The fraction of sp³-hybridized carbons (Fsp3) is 0.167. The summed E-state index contributed by atoms with van der Waals surface area (Å²) >= 11 is 1.56. The summed E-state index contributed by atoms with van der Waals surface area (Å²) in [5.41, 5.74) is 3.47. The van der Waals surface area contributed by atoms with Gasteiger partial charge in [-0.25, -0.2) is 4.98 Å². The van der Waals surface area contributed by atoms with Crippen LogP contribution in [0.4, 0.5) is 11.5 Å². The number of pyridine rings is 2. The molecule has 0 bridgehead atoms. The summed E-state index contributed by atoms with van der Waals surface area (Å²) in [4.78, 5) is 34.1. The van der Waals surface area contributed by atoms with E-state index in [4.69, 9.17) is 6.42 Å². The van der Waals surface area contributed by atoms with Gasteiger partial charge in [0.2, 0.25) is 5.91 Å². The minimum atomic E-state index is -0.319. The zero-order valence-corrected chi connectivity index (χ0v) is 17.7. The van der Waals surface area contributed by atoms with Gasteiger partial charge in [0.1, 0.15) is 5.82 Å². The van der Waals surface area contributed by atoms with E-state index in [0.717, 1.165) is 34.4 Å². The van der Waals surface area contributed by atoms with E-state index in [1.54, 1.807) is 35.9 Å². The summed E-state index contributed by atoms with van der Waals surface area (Å²) in [7, 11) is 0. The van der Waals surface area contributed by atoms with Crippen molar-refractivity contribution in [3.8, 4) is 23.5 Å². The van der Waals surface area contributed by atoms with Crippen LogP contribution in [-0.2, 0) is 4.79 Å². The van der Waals surface area contributed by atoms with E-state index in [-0.39, 0.29) is 17.7 Å². The van der Waals surface area contributed by atoms with Crippen molar-refractivity contribution in [1.82, 2.24) is 9.97 Å². The Labute approximate surface area is 184 Å². The van der Waals surface area contributed by atoms with Crippen LogP contribution >= 0.6 is 11.3 Å². The molecule has 0 aliphatic heterocycles. The van der Waals surface area contributed by atoms with Gasteiger partial charge < -0.3 is 10.6 Å². The van der Waals surface area contributed by atoms with Gasteiger partial charge in [-0.1, -0.05) is 12.0 Å². The highest BCUT2D eigenvalue weighted by Gasteiger charge is 2.29.